The quantitative estimate of drug-likeness (QED) is 0.617. The van der Waals surface area contributed by atoms with E-state index >= 15 is 0 Å². The van der Waals surface area contributed by atoms with E-state index in [2.05, 4.69) is 0 Å². The molecule has 1 atom stereocenters. The van der Waals surface area contributed by atoms with E-state index in [-0.39, 0.29) is 12.5 Å². The molecular formula is C12H16O2S. The van der Waals surface area contributed by atoms with E-state index in [0.717, 1.165) is 28.1 Å². The summed E-state index contributed by atoms with van der Waals surface area (Å²) in [5, 5.41) is 8.90. The van der Waals surface area contributed by atoms with Gasteiger partial charge in [0.2, 0.25) is 0 Å². The number of carbonyl (C=O) groups excluding carboxylic acids is 1. The summed E-state index contributed by atoms with van der Waals surface area (Å²) in [5.41, 5.74) is 1.83. The van der Waals surface area contributed by atoms with Gasteiger partial charge in [-0.2, -0.15) is 0 Å². The molecule has 0 heterocycles. The summed E-state index contributed by atoms with van der Waals surface area (Å²) >= 11 is 1.62. The molecule has 0 aliphatic heterocycles. The maximum atomic E-state index is 10.8. The first kappa shape index (κ1) is 12.3. The second-order valence-corrected chi connectivity index (χ2v) is 4.82. The molecular weight excluding hydrogens is 208 g/mol. The van der Waals surface area contributed by atoms with Crippen molar-refractivity contribution in [2.45, 2.75) is 18.7 Å². The first-order valence-corrected chi connectivity index (χ1v) is 5.95. The van der Waals surface area contributed by atoms with Crippen LogP contribution in [0.4, 0.5) is 0 Å². The van der Waals surface area contributed by atoms with Crippen LogP contribution in [0, 0.1) is 12.8 Å². The molecule has 2 nitrogen and oxygen atoms in total. The Hall–Kier alpha value is -0.800. The molecule has 0 spiro atoms. The fraction of sp³-hybridized carbons (Fsp3) is 0.417. The Bertz CT molecular complexity index is 336. The number of benzene rings is 1. The number of aliphatic hydroxyl groups is 1. The molecule has 1 unspecified atom stereocenters. The molecule has 1 aromatic rings. The van der Waals surface area contributed by atoms with Gasteiger partial charge in [0.05, 0.1) is 0 Å². The topological polar surface area (TPSA) is 37.3 Å². The van der Waals surface area contributed by atoms with Gasteiger partial charge in [-0.05, 0) is 25.0 Å². The fourth-order valence-electron chi connectivity index (χ4n) is 1.18. The average Bonchev–Trinajstić information content (AvgIpc) is 2.26. The van der Waals surface area contributed by atoms with Crippen LogP contribution in [0.5, 0.6) is 0 Å². The van der Waals surface area contributed by atoms with Gasteiger partial charge >= 0.3 is 0 Å². The molecule has 0 saturated carbocycles. The number of hydrogen-bond donors (Lipinski definition) is 1. The number of aldehydes is 1. The minimum Gasteiger partial charge on any atom is -0.396 e. The Morgan fingerprint density at radius 3 is 2.87 bits per heavy atom. The Balaban J connectivity index is 2.72. The van der Waals surface area contributed by atoms with Crippen LogP contribution in [0.2, 0.25) is 0 Å². The molecule has 0 fully saturated rings. The summed E-state index contributed by atoms with van der Waals surface area (Å²) < 4.78 is 0. The number of aryl methyl sites for hydroxylation is 1. The van der Waals surface area contributed by atoms with E-state index in [1.807, 2.05) is 32.0 Å². The zero-order valence-corrected chi connectivity index (χ0v) is 9.88. The summed E-state index contributed by atoms with van der Waals surface area (Å²) in [6.45, 7) is 4.15. The van der Waals surface area contributed by atoms with Gasteiger partial charge in [0, 0.05) is 22.8 Å². The van der Waals surface area contributed by atoms with Gasteiger partial charge in [-0.25, -0.2) is 0 Å². The summed E-state index contributed by atoms with van der Waals surface area (Å²) in [6.07, 6.45) is 0.888. The zero-order chi connectivity index (χ0) is 11.3. The van der Waals surface area contributed by atoms with Crippen LogP contribution in [0.1, 0.15) is 22.8 Å². The van der Waals surface area contributed by atoms with Crippen LogP contribution in [-0.2, 0) is 0 Å². The van der Waals surface area contributed by atoms with Crippen LogP contribution in [-0.4, -0.2) is 23.8 Å². The number of rotatable bonds is 5. The first-order valence-electron chi connectivity index (χ1n) is 4.97. The predicted molar refractivity (Wildman–Crippen MR) is 63.5 cm³/mol. The molecule has 1 rings (SSSR count). The van der Waals surface area contributed by atoms with Crippen molar-refractivity contribution >= 4 is 18.0 Å². The predicted octanol–water partition coefficient (Wildman–Crippen LogP) is 2.53. The van der Waals surface area contributed by atoms with Crippen molar-refractivity contribution in [3.05, 3.63) is 29.3 Å². The normalized spacial score (nSPS) is 12.5. The van der Waals surface area contributed by atoms with E-state index in [0.29, 0.717) is 0 Å². The molecule has 3 heteroatoms. The highest BCUT2D eigenvalue weighted by atomic mass is 32.2. The van der Waals surface area contributed by atoms with Crippen molar-refractivity contribution in [1.82, 2.24) is 0 Å². The van der Waals surface area contributed by atoms with Crippen LogP contribution in [0.25, 0.3) is 0 Å². The maximum Gasteiger partial charge on any atom is 0.151 e. The highest BCUT2D eigenvalue weighted by Gasteiger charge is 2.05. The van der Waals surface area contributed by atoms with Crippen molar-refractivity contribution in [1.29, 1.82) is 0 Å². The van der Waals surface area contributed by atoms with Gasteiger partial charge in [0.15, 0.2) is 6.29 Å². The van der Waals surface area contributed by atoms with Crippen LogP contribution in [0.15, 0.2) is 23.1 Å². The molecule has 0 bridgehead atoms. The Labute approximate surface area is 94.7 Å². The van der Waals surface area contributed by atoms with Gasteiger partial charge in [-0.15, -0.1) is 11.8 Å². The number of thioether (sulfide) groups is 1. The second-order valence-electron chi connectivity index (χ2n) is 3.76. The SMILES string of the molecule is Cc1ccc(SCC(C)CO)c(C=O)c1. The monoisotopic (exact) mass is 224 g/mol. The van der Waals surface area contributed by atoms with Crippen molar-refractivity contribution < 1.29 is 9.90 Å². The third-order valence-corrected chi connectivity index (χ3v) is 3.55. The van der Waals surface area contributed by atoms with Crippen LogP contribution < -0.4 is 0 Å². The van der Waals surface area contributed by atoms with Crippen molar-refractivity contribution in [2.24, 2.45) is 5.92 Å². The Kier molecular flexibility index (Phi) is 4.85. The number of carbonyl (C=O) groups is 1. The average molecular weight is 224 g/mol. The summed E-state index contributed by atoms with van der Waals surface area (Å²) in [5.74, 6) is 1.09. The van der Waals surface area contributed by atoms with E-state index in [1.165, 1.54) is 0 Å². The molecule has 0 amide bonds. The van der Waals surface area contributed by atoms with Crippen LogP contribution in [0.3, 0.4) is 0 Å². The van der Waals surface area contributed by atoms with E-state index in [1.54, 1.807) is 11.8 Å². The van der Waals surface area contributed by atoms with Gasteiger partial charge in [-0.1, -0.05) is 18.6 Å². The fourth-order valence-corrected chi connectivity index (χ4v) is 2.18. The summed E-state index contributed by atoms with van der Waals surface area (Å²) in [4.78, 5) is 11.8. The lowest BCUT2D eigenvalue weighted by molar-refractivity contribution is 0.112. The third-order valence-electron chi connectivity index (χ3n) is 2.13. The first-order chi connectivity index (χ1) is 7.17. The third kappa shape index (κ3) is 3.68. The smallest absolute Gasteiger partial charge is 0.151 e. The lowest BCUT2D eigenvalue weighted by Gasteiger charge is -2.09. The molecule has 0 aliphatic carbocycles. The van der Waals surface area contributed by atoms with Crippen molar-refractivity contribution in [3.63, 3.8) is 0 Å². The minimum absolute atomic E-state index is 0.190. The number of hydrogen-bond acceptors (Lipinski definition) is 3. The van der Waals surface area contributed by atoms with Gasteiger partial charge in [-0.3, -0.25) is 4.79 Å². The van der Waals surface area contributed by atoms with Gasteiger partial charge in [0.1, 0.15) is 0 Å². The van der Waals surface area contributed by atoms with E-state index in [4.69, 9.17) is 5.11 Å². The molecule has 0 aromatic heterocycles. The highest BCUT2D eigenvalue weighted by Crippen LogP contribution is 2.24. The lowest BCUT2D eigenvalue weighted by Crippen LogP contribution is -2.03. The largest absolute Gasteiger partial charge is 0.396 e. The summed E-state index contributed by atoms with van der Waals surface area (Å²) in [6, 6.07) is 5.85. The molecule has 15 heavy (non-hydrogen) atoms. The Morgan fingerprint density at radius 2 is 2.27 bits per heavy atom. The molecule has 82 valence electrons. The summed E-state index contributed by atoms with van der Waals surface area (Å²) in [7, 11) is 0. The second kappa shape index (κ2) is 5.93. The maximum absolute atomic E-state index is 10.8. The van der Waals surface area contributed by atoms with E-state index < -0.39 is 0 Å². The highest BCUT2D eigenvalue weighted by molar-refractivity contribution is 7.99. The zero-order valence-electron chi connectivity index (χ0n) is 9.06. The molecule has 1 N–H and O–H groups in total. The van der Waals surface area contributed by atoms with Crippen LogP contribution >= 0.6 is 11.8 Å². The van der Waals surface area contributed by atoms with Gasteiger partial charge in [0.25, 0.3) is 0 Å². The lowest BCUT2D eigenvalue weighted by atomic mass is 10.2. The number of aliphatic hydroxyl groups excluding tert-OH is 1. The van der Waals surface area contributed by atoms with Gasteiger partial charge < -0.3 is 5.11 Å². The van der Waals surface area contributed by atoms with Crippen molar-refractivity contribution in [3.8, 4) is 0 Å². The molecule has 0 radical (unpaired) electrons. The molecule has 0 saturated heterocycles. The molecule has 1 aromatic carbocycles. The Morgan fingerprint density at radius 1 is 1.53 bits per heavy atom. The van der Waals surface area contributed by atoms with E-state index in [9.17, 15) is 4.79 Å². The minimum atomic E-state index is 0.190. The molecule has 0 aliphatic rings. The standard InChI is InChI=1S/C12H16O2S/c1-9-3-4-12(11(5-9)7-14)15-8-10(2)6-13/h3-5,7,10,13H,6,8H2,1-2H3. The van der Waals surface area contributed by atoms with Crippen molar-refractivity contribution in [2.75, 3.05) is 12.4 Å².